The number of hydrogen-bond donors (Lipinski definition) is 1. The quantitative estimate of drug-likeness (QED) is 0.659. The minimum atomic E-state index is -0.639. The van der Waals surface area contributed by atoms with Gasteiger partial charge in [-0.1, -0.05) is 13.8 Å². The lowest BCUT2D eigenvalue weighted by Crippen LogP contribution is -2.35. The van der Waals surface area contributed by atoms with Crippen LogP contribution in [0.15, 0.2) is 0 Å². The van der Waals surface area contributed by atoms with E-state index >= 15 is 0 Å². The molecule has 0 aliphatic heterocycles. The number of carbonyl (C=O) groups excluding carboxylic acids is 2. The summed E-state index contributed by atoms with van der Waals surface area (Å²) < 4.78 is 9.87. The van der Waals surface area contributed by atoms with Gasteiger partial charge in [0, 0.05) is 0 Å². The first-order valence-electron chi connectivity index (χ1n) is 7.16. The van der Waals surface area contributed by atoms with Gasteiger partial charge < -0.3 is 14.6 Å². The summed E-state index contributed by atoms with van der Waals surface area (Å²) in [5, 5.41) is 8.72. The molecule has 0 aromatic carbocycles. The van der Waals surface area contributed by atoms with Gasteiger partial charge in [0.1, 0.15) is 6.61 Å². The highest BCUT2D eigenvalue weighted by Crippen LogP contribution is 2.37. The minimum absolute atomic E-state index is 0.0104. The lowest BCUT2D eigenvalue weighted by molar-refractivity contribution is -0.159. The molecule has 0 radical (unpaired) electrons. The van der Waals surface area contributed by atoms with Crippen LogP contribution in [0.2, 0.25) is 0 Å². The molecule has 2 unspecified atom stereocenters. The molecule has 0 fully saturated rings. The van der Waals surface area contributed by atoms with E-state index in [2.05, 4.69) is 0 Å². The molecule has 0 spiro atoms. The second-order valence-corrected chi connectivity index (χ2v) is 5.68. The molecule has 0 aromatic heterocycles. The lowest BCUT2D eigenvalue weighted by atomic mass is 9.74. The number of rotatable bonds is 9. The molecule has 0 aliphatic rings. The van der Waals surface area contributed by atoms with E-state index in [0.29, 0.717) is 25.7 Å². The Kier molecular flexibility index (Phi) is 7.79. The van der Waals surface area contributed by atoms with E-state index in [1.807, 2.05) is 27.7 Å². The Balaban J connectivity index is 4.78. The van der Waals surface area contributed by atoms with Gasteiger partial charge >= 0.3 is 11.9 Å². The Morgan fingerprint density at radius 1 is 1.00 bits per heavy atom. The number of hydrogen-bond acceptors (Lipinski definition) is 5. The van der Waals surface area contributed by atoms with Gasteiger partial charge in [-0.2, -0.15) is 0 Å². The van der Waals surface area contributed by atoms with Crippen LogP contribution < -0.4 is 0 Å². The molecule has 0 saturated heterocycles. The van der Waals surface area contributed by atoms with Gasteiger partial charge in [-0.05, 0) is 39.5 Å². The van der Waals surface area contributed by atoms with E-state index in [4.69, 9.17) is 14.6 Å². The zero-order chi connectivity index (χ0) is 15.8. The molecule has 0 aromatic rings. The summed E-state index contributed by atoms with van der Waals surface area (Å²) in [7, 11) is 1.38. The van der Waals surface area contributed by atoms with Gasteiger partial charge in [0.05, 0.1) is 24.5 Å². The first kappa shape index (κ1) is 18.9. The molecule has 0 aliphatic carbocycles. The van der Waals surface area contributed by atoms with Crippen molar-refractivity contribution < 1.29 is 24.2 Å². The minimum Gasteiger partial charge on any atom is -0.469 e. The molecule has 1 N–H and O–H groups in total. The summed E-state index contributed by atoms with van der Waals surface area (Å²) in [6.07, 6.45) is 2.39. The van der Waals surface area contributed by atoms with Crippen molar-refractivity contribution in [1.29, 1.82) is 0 Å². The maximum atomic E-state index is 12.1. The van der Waals surface area contributed by atoms with E-state index < -0.39 is 10.8 Å². The fraction of sp³-hybridized carbons (Fsp3) is 0.867. The molecular weight excluding hydrogens is 260 g/mol. The summed E-state index contributed by atoms with van der Waals surface area (Å²) in [5.74, 6) is -0.570. The Bertz CT molecular complexity index is 328. The predicted octanol–water partition coefficient (Wildman–Crippen LogP) is 2.31. The summed E-state index contributed by atoms with van der Waals surface area (Å²) in [6.45, 7) is 7.37. The van der Waals surface area contributed by atoms with Gasteiger partial charge in [-0.15, -0.1) is 0 Å². The largest absolute Gasteiger partial charge is 0.469 e. The van der Waals surface area contributed by atoms with Crippen molar-refractivity contribution in [2.24, 2.45) is 10.8 Å². The van der Waals surface area contributed by atoms with Crippen LogP contribution in [0, 0.1) is 10.8 Å². The molecule has 0 heterocycles. The third-order valence-corrected chi connectivity index (χ3v) is 4.28. The standard InChI is InChI=1S/C15H28O5/c1-6-14(3,12(17)19-5)8-9-15(4,7-2)13(18)20-11-10-16/h16H,6-11H2,1-5H3. The van der Waals surface area contributed by atoms with E-state index in [1.165, 1.54) is 7.11 Å². The first-order chi connectivity index (χ1) is 9.29. The molecule has 0 rings (SSSR count). The van der Waals surface area contributed by atoms with Crippen LogP contribution in [0.5, 0.6) is 0 Å². The molecule has 5 nitrogen and oxygen atoms in total. The van der Waals surface area contributed by atoms with Crippen LogP contribution in [0.4, 0.5) is 0 Å². The Morgan fingerprint density at radius 2 is 1.45 bits per heavy atom. The van der Waals surface area contributed by atoms with Gasteiger partial charge in [-0.3, -0.25) is 9.59 Å². The molecule has 2 atom stereocenters. The van der Waals surface area contributed by atoms with Crippen LogP contribution in [-0.4, -0.2) is 37.4 Å². The Hall–Kier alpha value is -1.10. The molecule has 20 heavy (non-hydrogen) atoms. The van der Waals surface area contributed by atoms with Gasteiger partial charge in [0.2, 0.25) is 0 Å². The van der Waals surface area contributed by atoms with Gasteiger partial charge in [-0.25, -0.2) is 0 Å². The van der Waals surface area contributed by atoms with Crippen molar-refractivity contribution in [3.05, 3.63) is 0 Å². The number of carbonyl (C=O) groups is 2. The number of ether oxygens (including phenoxy) is 2. The first-order valence-corrected chi connectivity index (χ1v) is 7.16. The molecule has 118 valence electrons. The Labute approximate surface area is 121 Å². The fourth-order valence-corrected chi connectivity index (χ4v) is 1.96. The van der Waals surface area contributed by atoms with Crippen LogP contribution in [0.1, 0.15) is 53.4 Å². The fourth-order valence-electron chi connectivity index (χ4n) is 1.96. The van der Waals surface area contributed by atoms with Crippen molar-refractivity contribution in [3.63, 3.8) is 0 Å². The Morgan fingerprint density at radius 3 is 1.80 bits per heavy atom. The van der Waals surface area contributed by atoms with Crippen molar-refractivity contribution in [2.45, 2.75) is 53.4 Å². The van der Waals surface area contributed by atoms with Gasteiger partial charge in [0.25, 0.3) is 0 Å². The zero-order valence-corrected chi connectivity index (χ0v) is 13.3. The normalized spacial score (nSPS) is 16.9. The highest BCUT2D eigenvalue weighted by Gasteiger charge is 2.39. The van der Waals surface area contributed by atoms with Crippen LogP contribution in [-0.2, 0) is 19.1 Å². The third kappa shape index (κ3) is 4.78. The highest BCUT2D eigenvalue weighted by atomic mass is 16.5. The second kappa shape index (κ2) is 8.25. The highest BCUT2D eigenvalue weighted by molar-refractivity contribution is 5.78. The van der Waals surface area contributed by atoms with Gasteiger partial charge in [0.15, 0.2) is 0 Å². The van der Waals surface area contributed by atoms with E-state index in [0.717, 1.165) is 0 Å². The van der Waals surface area contributed by atoms with Crippen molar-refractivity contribution in [1.82, 2.24) is 0 Å². The maximum Gasteiger partial charge on any atom is 0.311 e. The number of methoxy groups -OCH3 is 1. The van der Waals surface area contributed by atoms with Crippen LogP contribution in [0.3, 0.4) is 0 Å². The van der Waals surface area contributed by atoms with E-state index in [1.54, 1.807) is 0 Å². The molecule has 5 heteroatoms. The summed E-state index contributed by atoms with van der Waals surface area (Å²) in [4.78, 5) is 23.9. The van der Waals surface area contributed by atoms with E-state index in [-0.39, 0.29) is 25.2 Å². The number of esters is 2. The summed E-state index contributed by atoms with van der Waals surface area (Å²) in [6, 6.07) is 0. The third-order valence-electron chi connectivity index (χ3n) is 4.28. The van der Waals surface area contributed by atoms with Crippen LogP contribution in [0.25, 0.3) is 0 Å². The van der Waals surface area contributed by atoms with Crippen molar-refractivity contribution in [2.75, 3.05) is 20.3 Å². The predicted molar refractivity (Wildman–Crippen MR) is 76.1 cm³/mol. The number of aliphatic hydroxyl groups is 1. The molecule has 0 amide bonds. The average Bonchev–Trinajstić information content (AvgIpc) is 2.48. The molecule has 0 saturated carbocycles. The maximum absolute atomic E-state index is 12.1. The second-order valence-electron chi connectivity index (χ2n) is 5.68. The molecular formula is C15H28O5. The monoisotopic (exact) mass is 288 g/mol. The van der Waals surface area contributed by atoms with Crippen LogP contribution >= 0.6 is 0 Å². The summed E-state index contributed by atoms with van der Waals surface area (Å²) >= 11 is 0. The van der Waals surface area contributed by atoms with Crippen molar-refractivity contribution >= 4 is 11.9 Å². The summed E-state index contributed by atoms with van der Waals surface area (Å²) in [5.41, 5.74) is -1.22. The van der Waals surface area contributed by atoms with Crippen molar-refractivity contribution in [3.8, 4) is 0 Å². The lowest BCUT2D eigenvalue weighted by Gasteiger charge is -2.31. The van der Waals surface area contributed by atoms with E-state index in [9.17, 15) is 9.59 Å². The SMILES string of the molecule is CCC(C)(CCC(C)(CC)C(=O)OCCO)C(=O)OC. The average molecular weight is 288 g/mol. The topological polar surface area (TPSA) is 72.8 Å². The number of aliphatic hydroxyl groups excluding tert-OH is 1. The smallest absolute Gasteiger partial charge is 0.311 e. The zero-order valence-electron chi connectivity index (χ0n) is 13.3. The molecule has 0 bridgehead atoms.